The van der Waals surface area contributed by atoms with Gasteiger partial charge in [-0.1, -0.05) is 30.3 Å². The van der Waals surface area contributed by atoms with E-state index in [0.29, 0.717) is 33.1 Å². The van der Waals surface area contributed by atoms with E-state index in [9.17, 15) is 29.1 Å². The first-order valence-corrected chi connectivity index (χ1v) is 15.0. The fourth-order valence-electron chi connectivity index (χ4n) is 4.80. The number of hydrogen-bond acceptors (Lipinski definition) is 9. The van der Waals surface area contributed by atoms with Gasteiger partial charge in [-0.2, -0.15) is 5.10 Å². The Morgan fingerprint density at radius 2 is 1.86 bits per heavy atom. The van der Waals surface area contributed by atoms with Crippen LogP contribution < -0.4 is 16.2 Å². The number of hydrogen-bond donors (Lipinski definition) is 5. The number of aromatic amines is 2. The van der Waals surface area contributed by atoms with Gasteiger partial charge in [0.05, 0.1) is 17.5 Å². The molecule has 13 nitrogen and oxygen atoms in total. The lowest BCUT2D eigenvalue weighted by Gasteiger charge is -2.49. The smallest absolute Gasteiger partial charge is 0.352 e. The molecule has 4 heterocycles. The first-order chi connectivity index (χ1) is 20.8. The van der Waals surface area contributed by atoms with Crippen molar-refractivity contribution in [3.05, 3.63) is 93.7 Å². The molecule has 2 aliphatic rings. The van der Waals surface area contributed by atoms with Gasteiger partial charge in [0.2, 0.25) is 5.91 Å². The molecule has 2 atom stereocenters. The summed E-state index contributed by atoms with van der Waals surface area (Å²) < 4.78 is 0. The van der Waals surface area contributed by atoms with Crippen LogP contribution in [-0.2, 0) is 20.8 Å². The Bertz CT molecular complexity index is 1820. The zero-order valence-corrected chi connectivity index (χ0v) is 23.8. The lowest BCUT2D eigenvalue weighted by molar-refractivity contribution is -0.150. The van der Waals surface area contributed by atoms with E-state index in [2.05, 4.69) is 30.8 Å². The molecular weight excluding hydrogens is 594 g/mol. The summed E-state index contributed by atoms with van der Waals surface area (Å²) in [6.07, 6.45) is -0.118. The van der Waals surface area contributed by atoms with Crippen LogP contribution in [0.1, 0.15) is 16.2 Å². The molecule has 0 spiro atoms. The molecule has 6 rings (SSSR count). The third-order valence-corrected chi connectivity index (χ3v) is 9.19. The van der Waals surface area contributed by atoms with Gasteiger partial charge in [-0.3, -0.25) is 24.1 Å². The Morgan fingerprint density at radius 3 is 2.63 bits per heavy atom. The van der Waals surface area contributed by atoms with E-state index >= 15 is 0 Å². The lowest BCUT2D eigenvalue weighted by atomic mass is 10.0. The van der Waals surface area contributed by atoms with Gasteiger partial charge in [0.15, 0.2) is 5.82 Å². The van der Waals surface area contributed by atoms with Crippen LogP contribution >= 0.6 is 23.5 Å². The maximum absolute atomic E-state index is 13.1. The number of carboxylic acid groups (broad SMARTS) is 1. The Kier molecular flexibility index (Phi) is 7.73. The third kappa shape index (κ3) is 5.76. The number of fused-ring (bicyclic) bond motifs is 2. The van der Waals surface area contributed by atoms with E-state index in [1.807, 2.05) is 18.2 Å². The van der Waals surface area contributed by atoms with E-state index in [1.165, 1.54) is 40.6 Å². The minimum Gasteiger partial charge on any atom is -0.477 e. The number of benzene rings is 2. The average molecular weight is 618 g/mol. The highest BCUT2D eigenvalue weighted by atomic mass is 32.2. The molecule has 2 aliphatic heterocycles. The van der Waals surface area contributed by atoms with E-state index in [4.69, 9.17) is 0 Å². The summed E-state index contributed by atoms with van der Waals surface area (Å²) in [5.41, 5.74) is 2.42. The van der Waals surface area contributed by atoms with Gasteiger partial charge in [0.25, 0.3) is 17.4 Å². The van der Waals surface area contributed by atoms with Gasteiger partial charge < -0.3 is 20.7 Å². The van der Waals surface area contributed by atoms with E-state index in [-0.39, 0.29) is 29.3 Å². The van der Waals surface area contributed by atoms with Crippen molar-refractivity contribution in [3.63, 3.8) is 0 Å². The number of nitrogens with one attached hydrogen (secondary N) is 4. The molecule has 0 saturated carbocycles. The predicted molar refractivity (Wildman–Crippen MR) is 159 cm³/mol. The van der Waals surface area contributed by atoms with Crippen LogP contribution in [0.5, 0.6) is 0 Å². The Hall–Kier alpha value is -4.89. The van der Waals surface area contributed by atoms with Crippen molar-refractivity contribution < 1.29 is 24.3 Å². The zero-order valence-electron chi connectivity index (χ0n) is 22.2. The summed E-state index contributed by atoms with van der Waals surface area (Å²) in [5.74, 6) is -1.93. The van der Waals surface area contributed by atoms with Crippen molar-refractivity contribution in [2.45, 2.75) is 22.9 Å². The number of H-pyrrole nitrogens is 2. The molecule has 43 heavy (non-hydrogen) atoms. The van der Waals surface area contributed by atoms with Gasteiger partial charge >= 0.3 is 5.97 Å². The molecular formula is C28H23N7O6S2. The molecule has 0 aliphatic carbocycles. The molecule has 4 aromatic rings. The van der Waals surface area contributed by atoms with Crippen LogP contribution in [0.15, 0.2) is 81.8 Å². The number of aromatic nitrogens is 4. The van der Waals surface area contributed by atoms with Crippen molar-refractivity contribution in [3.8, 4) is 0 Å². The normalized spacial score (nSPS) is 17.8. The first kappa shape index (κ1) is 28.2. The molecule has 15 heteroatoms. The number of β-lactam (4-membered cyclic amide) rings is 1. The number of anilines is 1. The van der Waals surface area contributed by atoms with Crippen molar-refractivity contribution >= 4 is 63.9 Å². The quantitative estimate of drug-likeness (QED) is 0.137. The first-order valence-electron chi connectivity index (χ1n) is 13.0. The molecule has 1 fully saturated rings. The van der Waals surface area contributed by atoms with Crippen LogP contribution in [0.3, 0.4) is 0 Å². The summed E-state index contributed by atoms with van der Waals surface area (Å²) in [7, 11) is 0. The Morgan fingerprint density at radius 1 is 1.07 bits per heavy atom. The Balaban J connectivity index is 1.10. The number of carbonyl (C=O) groups excluding carboxylic acids is 3. The number of amides is 3. The second-order valence-corrected chi connectivity index (χ2v) is 11.8. The number of aliphatic carboxylic acids is 1. The topological polar surface area (TPSA) is 190 Å². The van der Waals surface area contributed by atoms with Gasteiger partial charge in [0.1, 0.15) is 22.1 Å². The van der Waals surface area contributed by atoms with Gasteiger partial charge in [-0.15, -0.1) is 23.5 Å². The number of imidazole rings is 1. The molecule has 1 unspecified atom stereocenters. The number of carbonyl (C=O) groups is 4. The van der Waals surface area contributed by atoms with Gasteiger partial charge in [-0.25, -0.2) is 14.9 Å². The van der Waals surface area contributed by atoms with Crippen LogP contribution in [-0.4, -0.2) is 76.8 Å². The zero-order chi connectivity index (χ0) is 30.1. The summed E-state index contributed by atoms with van der Waals surface area (Å²) in [6, 6.07) is 16.1. The maximum Gasteiger partial charge on any atom is 0.352 e. The number of thioether (sulfide) groups is 2. The molecule has 2 aromatic heterocycles. The molecule has 2 aromatic carbocycles. The average Bonchev–Trinajstić information content (AvgIpc) is 3.45. The number of para-hydroxylation sites is 3. The highest BCUT2D eigenvalue weighted by molar-refractivity contribution is 8.01. The van der Waals surface area contributed by atoms with Gasteiger partial charge in [-0.05, 0) is 35.4 Å². The predicted octanol–water partition coefficient (Wildman–Crippen LogP) is 1.97. The molecule has 218 valence electrons. The van der Waals surface area contributed by atoms with Crippen LogP contribution in [0.4, 0.5) is 5.69 Å². The lowest BCUT2D eigenvalue weighted by Crippen LogP contribution is -2.70. The van der Waals surface area contributed by atoms with Crippen LogP contribution in [0, 0.1) is 0 Å². The van der Waals surface area contributed by atoms with E-state index in [0.717, 1.165) is 5.52 Å². The fraction of sp³-hybridized carbons (Fsp3) is 0.179. The van der Waals surface area contributed by atoms with Crippen molar-refractivity contribution in [2.24, 2.45) is 0 Å². The second kappa shape index (κ2) is 11.8. The monoisotopic (exact) mass is 617 g/mol. The number of nitrogens with zero attached hydrogens (tertiary/aromatic N) is 3. The molecule has 0 radical (unpaired) electrons. The third-order valence-electron chi connectivity index (χ3n) is 6.84. The molecule has 3 amide bonds. The summed E-state index contributed by atoms with van der Waals surface area (Å²) in [4.78, 5) is 70.8. The summed E-state index contributed by atoms with van der Waals surface area (Å²) in [5, 5.41) is 21.6. The second-order valence-electron chi connectivity index (χ2n) is 9.65. The number of carboxylic acids is 1. The van der Waals surface area contributed by atoms with E-state index < -0.39 is 35.1 Å². The summed E-state index contributed by atoms with van der Waals surface area (Å²) >= 11 is 2.60. The SMILES string of the molecule is O=C(Cc1ccccc1NC(=O)c1nc2ccccc2[nH]1)NC1C(=O)N2C(C(=O)O)=C(CSc3ccc(=O)[nH]n3)CS[C@H]12. The standard InChI is InChI=1S/C28H23N7O6S2/c36-19-9-10-21(34-33-19)42-12-15-13-43-27-22(26(39)35(27)23(15)28(40)41)32-20(37)11-14-5-1-2-6-16(14)31-25(38)24-29-17-7-3-4-8-18(17)30-24/h1-10,22,27H,11-13H2,(H,29,30)(H,31,38)(H,32,37)(H,33,36)(H,40,41)/t22?,27-/m1/s1. The maximum atomic E-state index is 13.1. The van der Waals surface area contributed by atoms with E-state index in [1.54, 1.807) is 30.3 Å². The highest BCUT2D eigenvalue weighted by Crippen LogP contribution is 2.41. The van der Waals surface area contributed by atoms with Gasteiger partial charge in [0, 0.05) is 23.3 Å². The van der Waals surface area contributed by atoms with Crippen molar-refractivity contribution in [2.75, 3.05) is 16.8 Å². The minimum absolute atomic E-state index is 0.102. The highest BCUT2D eigenvalue weighted by Gasteiger charge is 2.54. The fourth-order valence-corrected chi connectivity index (χ4v) is 7.11. The van der Waals surface area contributed by atoms with Crippen LogP contribution in [0.25, 0.3) is 11.0 Å². The number of rotatable bonds is 9. The largest absolute Gasteiger partial charge is 0.477 e. The molecule has 0 bridgehead atoms. The van der Waals surface area contributed by atoms with Crippen molar-refractivity contribution in [1.29, 1.82) is 0 Å². The molecule has 1 saturated heterocycles. The minimum atomic E-state index is -1.23. The Labute approximate surface area is 251 Å². The molecule has 5 N–H and O–H groups in total. The van der Waals surface area contributed by atoms with Crippen molar-refractivity contribution in [1.82, 2.24) is 30.4 Å². The summed E-state index contributed by atoms with van der Waals surface area (Å²) in [6.45, 7) is 0. The van der Waals surface area contributed by atoms with Crippen LogP contribution in [0.2, 0.25) is 0 Å².